The van der Waals surface area contributed by atoms with Crippen LogP contribution in [0, 0.1) is 23.4 Å². The highest BCUT2D eigenvalue weighted by Crippen LogP contribution is 2.41. The van der Waals surface area contributed by atoms with Gasteiger partial charge in [-0.25, -0.2) is 13.2 Å². The van der Waals surface area contributed by atoms with Gasteiger partial charge in [0, 0.05) is 24.2 Å². The van der Waals surface area contributed by atoms with Crippen molar-refractivity contribution < 1.29 is 27.5 Å². The first kappa shape index (κ1) is 18.7. The van der Waals surface area contributed by atoms with E-state index in [9.17, 15) is 22.8 Å². The van der Waals surface area contributed by atoms with E-state index >= 15 is 0 Å². The van der Waals surface area contributed by atoms with Crippen molar-refractivity contribution in [2.24, 2.45) is 11.7 Å². The van der Waals surface area contributed by atoms with Crippen LogP contribution in [0.15, 0.2) is 12.1 Å². The Balaban J connectivity index is 1.75. The number of nitrogens with zero attached hydrogens (tertiary/aromatic N) is 1. The van der Waals surface area contributed by atoms with Crippen molar-refractivity contribution in [1.82, 2.24) is 4.90 Å². The Kier molecular flexibility index (Phi) is 5.22. The second-order valence-corrected chi connectivity index (χ2v) is 7.02. The number of esters is 1. The minimum atomic E-state index is -1.32. The molecule has 0 spiro atoms. The quantitative estimate of drug-likeness (QED) is 0.652. The number of methoxy groups -OCH3 is 1. The van der Waals surface area contributed by atoms with E-state index in [1.165, 1.54) is 7.11 Å². The lowest BCUT2D eigenvalue weighted by Crippen LogP contribution is -2.50. The fourth-order valence-corrected chi connectivity index (χ4v) is 4.17. The largest absolute Gasteiger partial charge is 0.469 e. The molecule has 0 aliphatic carbocycles. The molecule has 2 N–H and O–H groups in total. The minimum Gasteiger partial charge on any atom is -0.469 e. The maximum atomic E-state index is 14.0. The SMILES string of the molecule is COC(=O)C[C@@H](N)C1CC2CCC(C1)N2C(=O)c1cc(F)c(F)cc1F. The van der Waals surface area contributed by atoms with Crippen molar-refractivity contribution in [3.05, 3.63) is 35.1 Å². The summed E-state index contributed by atoms with van der Waals surface area (Å²) >= 11 is 0. The fourth-order valence-electron chi connectivity index (χ4n) is 4.17. The number of benzene rings is 1. The number of hydrogen-bond acceptors (Lipinski definition) is 4. The molecule has 5 nitrogen and oxygen atoms in total. The third kappa shape index (κ3) is 3.42. The number of hydrogen-bond donors (Lipinski definition) is 1. The van der Waals surface area contributed by atoms with Crippen LogP contribution in [0.25, 0.3) is 0 Å². The highest BCUT2D eigenvalue weighted by Gasteiger charge is 2.45. The Bertz CT molecular complexity index is 714. The number of halogens is 3. The molecule has 8 heteroatoms. The van der Waals surface area contributed by atoms with Crippen molar-refractivity contribution in [3.63, 3.8) is 0 Å². The molecule has 0 radical (unpaired) electrons. The average molecular weight is 370 g/mol. The van der Waals surface area contributed by atoms with Crippen LogP contribution < -0.4 is 5.73 Å². The van der Waals surface area contributed by atoms with E-state index in [2.05, 4.69) is 4.74 Å². The van der Waals surface area contributed by atoms with Gasteiger partial charge in [0.25, 0.3) is 5.91 Å². The van der Waals surface area contributed by atoms with Crippen LogP contribution in [-0.4, -0.2) is 42.0 Å². The number of carbonyl (C=O) groups excluding carboxylic acids is 2. The lowest BCUT2D eigenvalue weighted by atomic mass is 9.83. The summed E-state index contributed by atoms with van der Waals surface area (Å²) in [5, 5.41) is 0. The number of ether oxygens (including phenoxy) is 1. The summed E-state index contributed by atoms with van der Waals surface area (Å²) in [6.07, 6.45) is 2.76. The smallest absolute Gasteiger partial charge is 0.307 e. The molecule has 0 saturated carbocycles. The summed E-state index contributed by atoms with van der Waals surface area (Å²) in [6, 6.07) is 0.332. The van der Waals surface area contributed by atoms with Crippen LogP contribution in [0.5, 0.6) is 0 Å². The van der Waals surface area contributed by atoms with Crippen LogP contribution in [0.4, 0.5) is 13.2 Å². The van der Waals surface area contributed by atoms with E-state index in [0.717, 1.165) is 12.8 Å². The number of carbonyl (C=O) groups is 2. The topological polar surface area (TPSA) is 72.6 Å². The van der Waals surface area contributed by atoms with Gasteiger partial charge >= 0.3 is 5.97 Å². The monoisotopic (exact) mass is 370 g/mol. The minimum absolute atomic E-state index is 0.0467. The van der Waals surface area contributed by atoms with E-state index in [4.69, 9.17) is 5.73 Å². The van der Waals surface area contributed by atoms with Crippen LogP contribution in [0.2, 0.25) is 0 Å². The van der Waals surface area contributed by atoms with E-state index < -0.39 is 28.9 Å². The normalized spacial score (nSPS) is 25.9. The maximum Gasteiger partial charge on any atom is 0.307 e. The molecule has 2 bridgehead atoms. The molecule has 2 aliphatic heterocycles. The number of rotatable bonds is 4. The van der Waals surface area contributed by atoms with Gasteiger partial charge in [-0.2, -0.15) is 0 Å². The van der Waals surface area contributed by atoms with Crippen molar-refractivity contribution in [3.8, 4) is 0 Å². The second-order valence-electron chi connectivity index (χ2n) is 7.02. The molecule has 1 amide bonds. The van der Waals surface area contributed by atoms with Gasteiger partial charge in [-0.1, -0.05) is 0 Å². The van der Waals surface area contributed by atoms with Gasteiger partial charge in [0.1, 0.15) is 5.82 Å². The van der Waals surface area contributed by atoms with Gasteiger partial charge in [0.15, 0.2) is 11.6 Å². The Hall–Kier alpha value is -2.09. The number of fused-ring (bicyclic) bond motifs is 2. The third-order valence-electron chi connectivity index (χ3n) is 5.48. The standard InChI is InChI=1S/C18H21F3N2O3/c1-26-17(24)8-16(22)9-4-10-2-3-11(5-9)23(10)18(25)12-6-14(20)15(21)7-13(12)19/h6-7,9-11,16H,2-5,8,22H2,1H3/t9?,10?,11?,16-/m1/s1. The van der Waals surface area contributed by atoms with Gasteiger partial charge in [0.2, 0.25) is 0 Å². The third-order valence-corrected chi connectivity index (χ3v) is 5.48. The molecular formula is C18H21F3N2O3. The molecule has 2 saturated heterocycles. The summed E-state index contributed by atoms with van der Waals surface area (Å²) < 4.78 is 45.2. The van der Waals surface area contributed by atoms with E-state index in [1.807, 2.05) is 0 Å². The molecule has 2 heterocycles. The average Bonchev–Trinajstić information content (AvgIpc) is 2.86. The predicted molar refractivity (Wildman–Crippen MR) is 86.6 cm³/mol. The first-order valence-electron chi connectivity index (χ1n) is 8.61. The molecule has 1 aromatic rings. The van der Waals surface area contributed by atoms with Crippen molar-refractivity contribution in [2.75, 3.05) is 7.11 Å². The summed E-state index contributed by atoms with van der Waals surface area (Å²) in [5.41, 5.74) is 5.65. The fraction of sp³-hybridized carbons (Fsp3) is 0.556. The second kappa shape index (κ2) is 7.26. The highest BCUT2D eigenvalue weighted by atomic mass is 19.2. The lowest BCUT2D eigenvalue weighted by Gasteiger charge is -2.41. The molecule has 3 atom stereocenters. The molecule has 3 rings (SSSR count). The predicted octanol–water partition coefficient (Wildman–Crippen LogP) is 2.38. The van der Waals surface area contributed by atoms with Crippen LogP contribution in [0.3, 0.4) is 0 Å². The first-order valence-corrected chi connectivity index (χ1v) is 8.61. The highest BCUT2D eigenvalue weighted by molar-refractivity contribution is 5.95. The van der Waals surface area contributed by atoms with Crippen molar-refractivity contribution >= 4 is 11.9 Å². The molecule has 2 fully saturated rings. The van der Waals surface area contributed by atoms with Crippen molar-refractivity contribution in [2.45, 2.75) is 50.2 Å². The lowest BCUT2D eigenvalue weighted by molar-refractivity contribution is -0.141. The molecule has 1 aromatic carbocycles. The van der Waals surface area contributed by atoms with Gasteiger partial charge < -0.3 is 15.4 Å². The number of piperidine rings is 1. The zero-order valence-electron chi connectivity index (χ0n) is 14.4. The van der Waals surface area contributed by atoms with Gasteiger partial charge in [-0.15, -0.1) is 0 Å². The van der Waals surface area contributed by atoms with E-state index in [1.54, 1.807) is 4.90 Å². The first-order chi connectivity index (χ1) is 12.3. The maximum absolute atomic E-state index is 14.0. The number of nitrogens with two attached hydrogens (primary N) is 1. The zero-order valence-corrected chi connectivity index (χ0v) is 14.4. The molecule has 0 aromatic heterocycles. The summed E-state index contributed by atoms with van der Waals surface area (Å²) in [4.78, 5) is 25.7. The molecule has 142 valence electrons. The van der Waals surface area contributed by atoms with E-state index in [0.29, 0.717) is 25.0 Å². The van der Waals surface area contributed by atoms with Crippen LogP contribution in [0.1, 0.15) is 42.5 Å². The summed E-state index contributed by atoms with van der Waals surface area (Å²) in [6.45, 7) is 0. The van der Waals surface area contributed by atoms with Gasteiger partial charge in [0.05, 0.1) is 19.1 Å². The Morgan fingerprint density at radius 3 is 2.31 bits per heavy atom. The Morgan fingerprint density at radius 2 is 1.73 bits per heavy atom. The Labute approximate surface area is 149 Å². The zero-order chi connectivity index (χ0) is 19.0. The van der Waals surface area contributed by atoms with Crippen molar-refractivity contribution in [1.29, 1.82) is 0 Å². The van der Waals surface area contributed by atoms with Crippen LogP contribution >= 0.6 is 0 Å². The van der Waals surface area contributed by atoms with Gasteiger partial charge in [-0.05, 0) is 37.7 Å². The summed E-state index contributed by atoms with van der Waals surface area (Å²) in [7, 11) is 1.30. The molecule has 2 aliphatic rings. The molecular weight excluding hydrogens is 349 g/mol. The van der Waals surface area contributed by atoms with E-state index in [-0.39, 0.29) is 36.4 Å². The number of amides is 1. The van der Waals surface area contributed by atoms with Gasteiger partial charge in [-0.3, -0.25) is 9.59 Å². The molecule has 2 unspecified atom stereocenters. The molecule has 26 heavy (non-hydrogen) atoms. The van der Waals surface area contributed by atoms with Crippen LogP contribution in [-0.2, 0) is 9.53 Å². The Morgan fingerprint density at radius 1 is 1.15 bits per heavy atom. The summed E-state index contributed by atoms with van der Waals surface area (Å²) in [5.74, 6) is -4.61.